The van der Waals surface area contributed by atoms with E-state index in [4.69, 9.17) is 35.4 Å². The first-order chi connectivity index (χ1) is 13.0. The van der Waals surface area contributed by atoms with Crippen molar-refractivity contribution in [3.05, 3.63) is 38.8 Å². The molecule has 4 rings (SSSR count). The summed E-state index contributed by atoms with van der Waals surface area (Å²) in [6.45, 7) is 0.689. The molecule has 27 heavy (non-hydrogen) atoms. The maximum absolute atomic E-state index is 12.7. The Kier molecular flexibility index (Phi) is 4.96. The van der Waals surface area contributed by atoms with Crippen LogP contribution in [0.2, 0.25) is 10.0 Å². The molecule has 1 aromatic carbocycles. The van der Waals surface area contributed by atoms with Crippen LogP contribution in [-0.2, 0) is 16.1 Å². The lowest BCUT2D eigenvalue weighted by Crippen LogP contribution is -2.37. The highest BCUT2D eigenvalue weighted by atomic mass is 35.5. The number of H-pyrrole nitrogens is 1. The van der Waals surface area contributed by atoms with E-state index in [1.165, 1.54) is 0 Å². The Labute approximate surface area is 170 Å². The largest absolute Gasteiger partial charge is 0.348 e. The van der Waals surface area contributed by atoms with Gasteiger partial charge in [0.1, 0.15) is 5.92 Å². The summed E-state index contributed by atoms with van der Waals surface area (Å²) in [7, 11) is 0. The van der Waals surface area contributed by atoms with Gasteiger partial charge in [-0.25, -0.2) is 0 Å². The molecule has 0 spiro atoms. The predicted molar refractivity (Wildman–Crippen MR) is 104 cm³/mol. The molecule has 1 aliphatic carbocycles. The van der Waals surface area contributed by atoms with E-state index in [1.54, 1.807) is 23.1 Å². The Morgan fingerprint density at radius 3 is 2.78 bits per heavy atom. The minimum Gasteiger partial charge on any atom is -0.348 e. The molecule has 2 N–H and O–H groups in total. The van der Waals surface area contributed by atoms with E-state index >= 15 is 0 Å². The van der Waals surface area contributed by atoms with E-state index in [1.807, 2.05) is 4.57 Å². The summed E-state index contributed by atoms with van der Waals surface area (Å²) in [4.78, 5) is 26.8. The number of rotatable bonds is 5. The van der Waals surface area contributed by atoms with Gasteiger partial charge in [0.2, 0.25) is 11.8 Å². The summed E-state index contributed by atoms with van der Waals surface area (Å²) in [5, 5.41) is 10.6. The van der Waals surface area contributed by atoms with Crippen LogP contribution >= 0.6 is 35.4 Å². The summed E-state index contributed by atoms with van der Waals surface area (Å²) in [5.74, 6) is -0.593. The molecular weight excluding hydrogens is 409 g/mol. The summed E-state index contributed by atoms with van der Waals surface area (Å²) in [6.07, 6.45) is 2.57. The molecule has 1 aromatic heterocycles. The number of aromatic nitrogens is 3. The van der Waals surface area contributed by atoms with E-state index in [0.717, 1.165) is 12.8 Å². The number of carbonyl (C=O) groups is 2. The van der Waals surface area contributed by atoms with Crippen molar-refractivity contribution >= 4 is 52.9 Å². The molecule has 2 heterocycles. The van der Waals surface area contributed by atoms with Gasteiger partial charge in [-0.15, -0.1) is 0 Å². The van der Waals surface area contributed by atoms with Gasteiger partial charge in [0, 0.05) is 18.3 Å². The molecule has 7 nitrogen and oxygen atoms in total. The zero-order chi connectivity index (χ0) is 19.1. The summed E-state index contributed by atoms with van der Waals surface area (Å²) < 4.78 is 2.50. The lowest BCUT2D eigenvalue weighted by atomic mass is 10.1. The van der Waals surface area contributed by atoms with Crippen LogP contribution in [0.25, 0.3) is 0 Å². The van der Waals surface area contributed by atoms with Crippen molar-refractivity contribution in [1.82, 2.24) is 20.1 Å². The van der Waals surface area contributed by atoms with Gasteiger partial charge in [-0.2, -0.15) is 5.10 Å². The first-order valence-corrected chi connectivity index (χ1v) is 9.82. The average molecular weight is 426 g/mol. The van der Waals surface area contributed by atoms with Gasteiger partial charge >= 0.3 is 0 Å². The number of nitrogens with zero attached hydrogens (tertiary/aromatic N) is 3. The molecule has 2 aliphatic rings. The minimum atomic E-state index is -0.726. The van der Waals surface area contributed by atoms with E-state index in [9.17, 15) is 9.59 Å². The van der Waals surface area contributed by atoms with Crippen LogP contribution in [0.3, 0.4) is 0 Å². The number of halogens is 2. The zero-order valence-electron chi connectivity index (χ0n) is 14.2. The Bertz CT molecular complexity index is 968. The highest BCUT2D eigenvalue weighted by Gasteiger charge is 2.38. The molecule has 0 radical (unpaired) electrons. The second-order valence-electron chi connectivity index (χ2n) is 6.69. The first kappa shape index (κ1) is 18.5. The van der Waals surface area contributed by atoms with Crippen molar-refractivity contribution in [1.29, 1.82) is 0 Å². The van der Waals surface area contributed by atoms with Crippen molar-refractivity contribution in [2.75, 3.05) is 11.4 Å². The second-order valence-corrected chi connectivity index (χ2v) is 7.89. The van der Waals surface area contributed by atoms with E-state index in [2.05, 4.69) is 15.5 Å². The Morgan fingerprint density at radius 2 is 2.07 bits per heavy atom. The molecule has 1 aliphatic heterocycles. The topological polar surface area (TPSA) is 83.0 Å². The SMILES string of the molecule is O=C(NCc1n[nH]c(=S)n1C1CC1)C1CCN(c2ccc(Cl)c(Cl)c2)C1=O. The predicted octanol–water partition coefficient (Wildman–Crippen LogP) is 3.25. The number of hydrogen-bond donors (Lipinski definition) is 2. The fourth-order valence-corrected chi connectivity index (χ4v) is 3.89. The van der Waals surface area contributed by atoms with Crippen LogP contribution < -0.4 is 10.2 Å². The van der Waals surface area contributed by atoms with Crippen LogP contribution in [0.5, 0.6) is 0 Å². The van der Waals surface area contributed by atoms with Crippen molar-refractivity contribution < 1.29 is 9.59 Å². The maximum Gasteiger partial charge on any atom is 0.239 e. The third-order valence-corrected chi connectivity index (χ3v) is 5.87. The van der Waals surface area contributed by atoms with E-state index in [-0.39, 0.29) is 18.4 Å². The molecular formula is C17H17Cl2N5O2S. The molecule has 10 heteroatoms. The molecule has 142 valence electrons. The average Bonchev–Trinajstić information content (AvgIpc) is 3.30. The number of carbonyl (C=O) groups excluding carboxylic acids is 2. The lowest BCUT2D eigenvalue weighted by molar-refractivity contribution is -0.132. The fraction of sp³-hybridized carbons (Fsp3) is 0.412. The van der Waals surface area contributed by atoms with Gasteiger partial charge in [-0.05, 0) is 49.7 Å². The Morgan fingerprint density at radius 1 is 1.30 bits per heavy atom. The maximum atomic E-state index is 12.7. The van der Waals surface area contributed by atoms with E-state index < -0.39 is 5.92 Å². The minimum absolute atomic E-state index is 0.235. The van der Waals surface area contributed by atoms with Gasteiger partial charge in [0.05, 0.1) is 16.6 Å². The molecule has 1 unspecified atom stereocenters. The highest BCUT2D eigenvalue weighted by Crippen LogP contribution is 2.36. The molecule has 2 amide bonds. The smallest absolute Gasteiger partial charge is 0.239 e. The number of hydrogen-bond acceptors (Lipinski definition) is 4. The molecule has 1 atom stereocenters. The van der Waals surface area contributed by atoms with Crippen LogP contribution in [0, 0.1) is 10.7 Å². The second kappa shape index (κ2) is 7.26. The van der Waals surface area contributed by atoms with Gasteiger partial charge in [-0.3, -0.25) is 19.3 Å². The molecule has 0 bridgehead atoms. The van der Waals surface area contributed by atoms with Crippen LogP contribution in [0.4, 0.5) is 5.69 Å². The van der Waals surface area contributed by atoms with Crippen molar-refractivity contribution in [2.45, 2.75) is 31.8 Å². The van der Waals surface area contributed by atoms with Gasteiger partial charge < -0.3 is 10.2 Å². The molecule has 1 saturated carbocycles. The van der Waals surface area contributed by atoms with Crippen molar-refractivity contribution in [3.8, 4) is 0 Å². The standard InChI is InChI=1S/C17H17Cl2N5O2S/c18-12-4-3-10(7-13(12)19)23-6-5-11(16(23)26)15(25)20-8-14-21-22-17(27)24(14)9-1-2-9/h3-4,7,9,11H,1-2,5-6,8H2,(H,20,25)(H,22,27). The zero-order valence-corrected chi connectivity index (χ0v) is 16.6. The fourth-order valence-electron chi connectivity index (χ4n) is 3.29. The van der Waals surface area contributed by atoms with Gasteiger partial charge in [0.25, 0.3) is 0 Å². The van der Waals surface area contributed by atoms with Crippen molar-refractivity contribution in [2.24, 2.45) is 5.92 Å². The Balaban J connectivity index is 1.42. The summed E-state index contributed by atoms with van der Waals surface area (Å²) in [6, 6.07) is 5.36. The number of aromatic amines is 1. The number of amides is 2. The molecule has 1 saturated heterocycles. The molecule has 2 fully saturated rings. The van der Waals surface area contributed by atoms with Gasteiger partial charge in [-0.1, -0.05) is 23.2 Å². The third-order valence-electron chi connectivity index (χ3n) is 4.85. The summed E-state index contributed by atoms with van der Waals surface area (Å²) in [5.41, 5.74) is 0.638. The first-order valence-electron chi connectivity index (χ1n) is 8.65. The van der Waals surface area contributed by atoms with Crippen molar-refractivity contribution in [3.63, 3.8) is 0 Å². The van der Waals surface area contributed by atoms with E-state index in [0.29, 0.717) is 45.3 Å². The van der Waals surface area contributed by atoms with Crippen LogP contribution in [0.15, 0.2) is 18.2 Å². The van der Waals surface area contributed by atoms with Crippen LogP contribution in [-0.4, -0.2) is 33.1 Å². The number of nitrogens with one attached hydrogen (secondary N) is 2. The molecule has 2 aromatic rings. The summed E-state index contributed by atoms with van der Waals surface area (Å²) >= 11 is 17.2. The number of benzene rings is 1. The normalized spacial score (nSPS) is 19.6. The number of anilines is 1. The Hall–Kier alpha value is -1.90. The monoisotopic (exact) mass is 425 g/mol. The quantitative estimate of drug-likeness (QED) is 0.568. The highest BCUT2D eigenvalue weighted by molar-refractivity contribution is 7.71. The van der Waals surface area contributed by atoms with Crippen LogP contribution in [0.1, 0.15) is 31.1 Å². The van der Waals surface area contributed by atoms with Gasteiger partial charge in [0.15, 0.2) is 10.6 Å². The third kappa shape index (κ3) is 3.61. The lowest BCUT2D eigenvalue weighted by Gasteiger charge is -2.17.